The van der Waals surface area contributed by atoms with Crippen LogP contribution in [0.5, 0.6) is 0 Å². The van der Waals surface area contributed by atoms with Crippen LogP contribution in [0.4, 0.5) is 4.39 Å². The van der Waals surface area contributed by atoms with E-state index in [0.717, 1.165) is 5.57 Å². The summed E-state index contributed by atoms with van der Waals surface area (Å²) < 4.78 is 13.5. The molecule has 25 heavy (non-hydrogen) atoms. The highest BCUT2D eigenvalue weighted by Gasteiger charge is 2.36. The Morgan fingerprint density at radius 1 is 1.32 bits per heavy atom. The van der Waals surface area contributed by atoms with Crippen molar-refractivity contribution in [3.05, 3.63) is 58.1 Å². The molecule has 0 spiro atoms. The summed E-state index contributed by atoms with van der Waals surface area (Å²) in [6, 6.07) is 4.23. The van der Waals surface area contributed by atoms with Gasteiger partial charge in [0.2, 0.25) is 0 Å². The van der Waals surface area contributed by atoms with Gasteiger partial charge < -0.3 is 10.6 Å². The van der Waals surface area contributed by atoms with Gasteiger partial charge in [0.05, 0.1) is 12.1 Å². The number of carbonyl (C=O) groups excluding carboxylic acids is 2. The van der Waals surface area contributed by atoms with E-state index in [1.807, 2.05) is 13.8 Å². The predicted molar refractivity (Wildman–Crippen MR) is 93.6 cm³/mol. The van der Waals surface area contributed by atoms with Gasteiger partial charge in [-0.15, -0.1) is 0 Å². The van der Waals surface area contributed by atoms with Gasteiger partial charge in [-0.2, -0.15) is 0 Å². The summed E-state index contributed by atoms with van der Waals surface area (Å²) in [4.78, 5) is 30.6. The van der Waals surface area contributed by atoms with Gasteiger partial charge in [-0.05, 0) is 36.3 Å². The van der Waals surface area contributed by atoms with E-state index >= 15 is 0 Å². The zero-order chi connectivity index (χ0) is 18.4. The van der Waals surface area contributed by atoms with E-state index in [9.17, 15) is 14.0 Å². The van der Waals surface area contributed by atoms with Crippen LogP contribution in [0.3, 0.4) is 0 Å². The maximum absolute atomic E-state index is 13.5. The molecule has 0 bridgehead atoms. The number of aryl methyl sites for hydroxylation is 1. The fraction of sp³-hybridized carbons (Fsp3) is 0.316. The van der Waals surface area contributed by atoms with Gasteiger partial charge >= 0.3 is 0 Å². The lowest BCUT2D eigenvalue weighted by atomic mass is 9.81. The van der Waals surface area contributed by atoms with Crippen LogP contribution in [0.2, 0.25) is 0 Å². The fourth-order valence-electron chi connectivity index (χ4n) is 3.26. The molecule has 0 saturated carbocycles. The van der Waals surface area contributed by atoms with E-state index in [0.29, 0.717) is 29.8 Å². The number of primary amides is 1. The van der Waals surface area contributed by atoms with Crippen LogP contribution < -0.4 is 5.73 Å². The molecule has 0 aliphatic carbocycles. The van der Waals surface area contributed by atoms with Crippen molar-refractivity contribution in [3.8, 4) is 0 Å². The largest absolute Gasteiger partial charge is 0.366 e. The molecule has 6 heteroatoms. The van der Waals surface area contributed by atoms with Crippen LogP contribution in [0, 0.1) is 18.2 Å². The minimum atomic E-state index is -0.605. The Morgan fingerprint density at radius 2 is 2.04 bits per heavy atom. The van der Waals surface area contributed by atoms with Gasteiger partial charge in [0.25, 0.3) is 11.8 Å². The number of nitrogens with two attached hydrogens (primary N) is 1. The second-order valence-corrected chi connectivity index (χ2v) is 7.05. The Hall–Kier alpha value is -2.76. The van der Waals surface area contributed by atoms with Crippen LogP contribution in [0.25, 0.3) is 0 Å². The van der Waals surface area contributed by atoms with E-state index in [-0.39, 0.29) is 22.7 Å². The molecule has 0 aromatic heterocycles. The summed E-state index contributed by atoms with van der Waals surface area (Å²) in [5, 5.41) is 0. The Balaban J connectivity index is 2.06. The highest BCUT2D eigenvalue weighted by atomic mass is 19.1. The monoisotopic (exact) mass is 341 g/mol. The highest BCUT2D eigenvalue weighted by molar-refractivity contribution is 6.07. The lowest BCUT2D eigenvalue weighted by Gasteiger charge is -2.30. The van der Waals surface area contributed by atoms with Gasteiger partial charge in [0.15, 0.2) is 0 Å². The zero-order valence-electron chi connectivity index (χ0n) is 14.5. The number of halogens is 1. The number of rotatable bonds is 2. The molecule has 2 heterocycles. The summed E-state index contributed by atoms with van der Waals surface area (Å²) in [5.41, 5.74) is 7.88. The van der Waals surface area contributed by atoms with Crippen molar-refractivity contribution in [2.75, 3.05) is 13.1 Å². The molecule has 0 unspecified atom stereocenters. The Kier molecular flexibility index (Phi) is 4.06. The van der Waals surface area contributed by atoms with E-state index in [1.165, 1.54) is 29.3 Å². The Morgan fingerprint density at radius 3 is 2.68 bits per heavy atom. The van der Waals surface area contributed by atoms with Gasteiger partial charge in [-0.1, -0.05) is 13.8 Å². The van der Waals surface area contributed by atoms with Crippen LogP contribution in [-0.2, 0) is 4.79 Å². The van der Waals surface area contributed by atoms with Crippen molar-refractivity contribution >= 4 is 18.0 Å². The molecule has 2 aliphatic heterocycles. The van der Waals surface area contributed by atoms with E-state index in [1.54, 1.807) is 13.1 Å². The molecule has 2 amide bonds. The minimum Gasteiger partial charge on any atom is -0.366 e. The molecular weight excluding hydrogens is 321 g/mol. The van der Waals surface area contributed by atoms with Crippen molar-refractivity contribution in [1.29, 1.82) is 0 Å². The number of amides is 2. The number of hydrogen-bond acceptors (Lipinski definition) is 3. The topological polar surface area (TPSA) is 75.8 Å². The van der Waals surface area contributed by atoms with Crippen molar-refractivity contribution in [3.63, 3.8) is 0 Å². The third kappa shape index (κ3) is 2.99. The highest BCUT2D eigenvalue weighted by Crippen LogP contribution is 2.37. The average molecular weight is 341 g/mol. The molecule has 2 N–H and O–H groups in total. The number of benzene rings is 1. The number of carbonyl (C=O) groups is 2. The number of aliphatic imine (C=N–C) groups is 1. The molecule has 5 nitrogen and oxygen atoms in total. The molecule has 1 aromatic rings. The smallest absolute Gasteiger partial charge is 0.257 e. The van der Waals surface area contributed by atoms with Crippen molar-refractivity contribution < 1.29 is 14.0 Å². The third-order valence-corrected chi connectivity index (χ3v) is 4.68. The maximum atomic E-state index is 13.5. The first kappa shape index (κ1) is 17.1. The van der Waals surface area contributed by atoms with E-state index in [2.05, 4.69) is 4.99 Å². The lowest BCUT2D eigenvalue weighted by Crippen LogP contribution is -2.36. The Bertz CT molecular complexity index is 865. The van der Waals surface area contributed by atoms with Gasteiger partial charge in [0, 0.05) is 35.5 Å². The minimum absolute atomic E-state index is 0.272. The lowest BCUT2D eigenvalue weighted by molar-refractivity contribution is -0.114. The normalized spacial score (nSPS) is 18.7. The van der Waals surface area contributed by atoms with E-state index in [4.69, 9.17) is 5.73 Å². The van der Waals surface area contributed by atoms with Crippen LogP contribution in [0.1, 0.15) is 29.8 Å². The van der Waals surface area contributed by atoms with Crippen LogP contribution in [-0.4, -0.2) is 36.0 Å². The summed E-state index contributed by atoms with van der Waals surface area (Å²) in [5.74, 6) is -1.27. The average Bonchev–Trinajstić information content (AvgIpc) is 2.99. The van der Waals surface area contributed by atoms with Crippen molar-refractivity contribution in [2.24, 2.45) is 16.1 Å². The first-order chi connectivity index (χ1) is 11.7. The standard InChI is InChI=1S/C19H20FN3O2/c1-11-6-12(4-5-16(11)20)18(25)23-9-14(17(21)24)13-7-22-8-15(13)19(2,3)10-23/h4-7,9H,8,10H2,1-3H3,(H2,21,24). The zero-order valence-corrected chi connectivity index (χ0v) is 14.5. The molecule has 1 aromatic carbocycles. The summed E-state index contributed by atoms with van der Waals surface area (Å²) in [7, 11) is 0. The fourth-order valence-corrected chi connectivity index (χ4v) is 3.26. The first-order valence-electron chi connectivity index (χ1n) is 8.03. The van der Waals surface area contributed by atoms with Crippen molar-refractivity contribution in [1.82, 2.24) is 4.90 Å². The second kappa shape index (κ2) is 5.95. The quantitative estimate of drug-likeness (QED) is 0.896. The predicted octanol–water partition coefficient (Wildman–Crippen LogP) is 2.37. The molecule has 0 saturated heterocycles. The summed E-state index contributed by atoms with van der Waals surface area (Å²) in [6.07, 6.45) is 3.13. The molecule has 0 atom stereocenters. The van der Waals surface area contributed by atoms with E-state index < -0.39 is 5.91 Å². The molecule has 2 aliphatic rings. The maximum Gasteiger partial charge on any atom is 0.257 e. The molecular formula is C19H20FN3O2. The Labute approximate surface area is 145 Å². The number of nitrogens with zero attached hydrogens (tertiary/aromatic N) is 2. The number of hydrogen-bond donors (Lipinski definition) is 1. The van der Waals surface area contributed by atoms with Gasteiger partial charge in [0.1, 0.15) is 5.82 Å². The summed E-state index contributed by atoms with van der Waals surface area (Å²) >= 11 is 0. The summed E-state index contributed by atoms with van der Waals surface area (Å²) in [6.45, 7) is 6.48. The molecule has 130 valence electrons. The van der Waals surface area contributed by atoms with Crippen LogP contribution >= 0.6 is 0 Å². The van der Waals surface area contributed by atoms with Crippen molar-refractivity contribution in [2.45, 2.75) is 20.8 Å². The second-order valence-electron chi connectivity index (χ2n) is 7.05. The van der Waals surface area contributed by atoms with Crippen LogP contribution in [0.15, 0.2) is 46.1 Å². The van der Waals surface area contributed by atoms with Gasteiger partial charge in [-0.3, -0.25) is 14.6 Å². The first-order valence-corrected chi connectivity index (χ1v) is 8.03. The van der Waals surface area contributed by atoms with Gasteiger partial charge in [-0.25, -0.2) is 4.39 Å². The molecule has 3 rings (SSSR count). The molecule has 0 fully saturated rings. The molecule has 0 radical (unpaired) electrons. The SMILES string of the molecule is Cc1cc(C(=O)N2C=C(C(N)=O)C3=C(CN=C3)C(C)(C)C2)ccc1F. The third-order valence-electron chi connectivity index (χ3n) is 4.68.